The van der Waals surface area contributed by atoms with Crippen molar-refractivity contribution in [2.24, 2.45) is 0 Å². The van der Waals surface area contributed by atoms with Gasteiger partial charge >= 0.3 is 0 Å². The quantitative estimate of drug-likeness (QED) is 0.729. The van der Waals surface area contributed by atoms with Crippen LogP contribution < -0.4 is 4.90 Å². The maximum absolute atomic E-state index is 14.0. The Morgan fingerprint density at radius 1 is 0.923 bits per heavy atom. The smallest absolute Gasteiger partial charge is 0.272 e. The van der Waals surface area contributed by atoms with Crippen LogP contribution in [0.5, 0.6) is 0 Å². The largest absolute Gasteiger partial charge is 0.366 e. The molecule has 1 aliphatic heterocycles. The van der Waals surface area contributed by atoms with E-state index in [4.69, 9.17) is 0 Å². The Morgan fingerprint density at radius 3 is 2.35 bits per heavy atom. The third-order valence-corrected chi connectivity index (χ3v) is 4.65. The summed E-state index contributed by atoms with van der Waals surface area (Å²) >= 11 is 0. The number of piperazine rings is 1. The van der Waals surface area contributed by atoms with Crippen molar-refractivity contribution in [3.05, 3.63) is 78.6 Å². The Morgan fingerprint density at radius 2 is 1.62 bits per heavy atom. The molecule has 5 nitrogen and oxygen atoms in total. The average molecular weight is 350 g/mol. The molecular formula is C20H19FN4O. The summed E-state index contributed by atoms with van der Waals surface area (Å²) in [6, 6.07) is 16.4. The molecule has 1 fully saturated rings. The highest BCUT2D eigenvalue weighted by Crippen LogP contribution is 2.21. The molecule has 2 heterocycles. The molecule has 1 amide bonds. The number of hydrogen-bond acceptors (Lipinski definition) is 3. The number of halogens is 1. The fraction of sp³-hybridized carbons (Fsp3) is 0.200. The van der Waals surface area contributed by atoms with E-state index in [0.717, 1.165) is 5.69 Å². The van der Waals surface area contributed by atoms with Gasteiger partial charge in [0.05, 0.1) is 18.2 Å². The van der Waals surface area contributed by atoms with E-state index in [1.165, 1.54) is 6.07 Å². The number of nitrogens with zero attached hydrogens (tertiary/aromatic N) is 4. The van der Waals surface area contributed by atoms with Gasteiger partial charge in [-0.25, -0.2) is 9.37 Å². The molecule has 4 rings (SSSR count). The molecule has 0 atom stereocenters. The second-order valence-electron chi connectivity index (χ2n) is 6.22. The van der Waals surface area contributed by atoms with E-state index in [-0.39, 0.29) is 11.7 Å². The van der Waals surface area contributed by atoms with Crippen molar-refractivity contribution in [3.8, 4) is 5.69 Å². The summed E-state index contributed by atoms with van der Waals surface area (Å²) in [4.78, 5) is 20.9. The van der Waals surface area contributed by atoms with Gasteiger partial charge < -0.3 is 9.80 Å². The lowest BCUT2D eigenvalue weighted by molar-refractivity contribution is 0.0738. The van der Waals surface area contributed by atoms with Gasteiger partial charge in [-0.15, -0.1) is 0 Å². The molecule has 1 aromatic heterocycles. The van der Waals surface area contributed by atoms with E-state index in [0.29, 0.717) is 37.6 Å². The second kappa shape index (κ2) is 7.00. The molecule has 2 aromatic carbocycles. The SMILES string of the molecule is O=C(c1cncn1-c1ccccc1)N1CCN(c2ccccc2F)CC1. The van der Waals surface area contributed by atoms with Gasteiger partial charge in [0, 0.05) is 31.9 Å². The first kappa shape index (κ1) is 16.3. The zero-order valence-electron chi connectivity index (χ0n) is 14.3. The van der Waals surface area contributed by atoms with Crippen molar-refractivity contribution in [1.29, 1.82) is 0 Å². The summed E-state index contributed by atoms with van der Waals surface area (Å²) in [7, 11) is 0. The Bertz CT molecular complexity index is 901. The van der Waals surface area contributed by atoms with Gasteiger partial charge in [0.1, 0.15) is 11.5 Å². The van der Waals surface area contributed by atoms with E-state index in [2.05, 4.69) is 4.98 Å². The summed E-state index contributed by atoms with van der Waals surface area (Å²) in [6.45, 7) is 2.30. The Balaban J connectivity index is 1.48. The number of carbonyl (C=O) groups excluding carboxylic acids is 1. The minimum Gasteiger partial charge on any atom is -0.366 e. The van der Waals surface area contributed by atoms with Crippen LogP contribution in [0.4, 0.5) is 10.1 Å². The summed E-state index contributed by atoms with van der Waals surface area (Å²) < 4.78 is 15.8. The minimum atomic E-state index is -0.227. The van der Waals surface area contributed by atoms with Crippen LogP contribution in [0.3, 0.4) is 0 Å². The van der Waals surface area contributed by atoms with Crippen LogP contribution in [0, 0.1) is 5.82 Å². The maximum Gasteiger partial charge on any atom is 0.272 e. The summed E-state index contributed by atoms with van der Waals surface area (Å²) in [5.74, 6) is -0.283. The second-order valence-corrected chi connectivity index (χ2v) is 6.22. The Hall–Kier alpha value is -3.15. The Kier molecular flexibility index (Phi) is 4.39. The number of amides is 1. The van der Waals surface area contributed by atoms with Crippen molar-refractivity contribution >= 4 is 11.6 Å². The lowest BCUT2D eigenvalue weighted by Gasteiger charge is -2.36. The van der Waals surface area contributed by atoms with E-state index in [1.807, 2.05) is 41.3 Å². The van der Waals surface area contributed by atoms with Gasteiger partial charge in [0.15, 0.2) is 0 Å². The molecule has 6 heteroatoms. The first-order valence-electron chi connectivity index (χ1n) is 8.60. The highest BCUT2D eigenvalue weighted by molar-refractivity contribution is 5.93. The fourth-order valence-electron chi connectivity index (χ4n) is 3.27. The van der Waals surface area contributed by atoms with Crippen LogP contribution in [0.25, 0.3) is 5.69 Å². The first-order chi connectivity index (χ1) is 12.7. The predicted molar refractivity (Wildman–Crippen MR) is 98.1 cm³/mol. The molecule has 0 unspecified atom stereocenters. The molecule has 0 aliphatic carbocycles. The molecule has 1 aliphatic rings. The van der Waals surface area contributed by atoms with Crippen LogP contribution in [-0.2, 0) is 0 Å². The number of imidazole rings is 1. The summed E-state index contributed by atoms with van der Waals surface area (Å²) in [5.41, 5.74) is 2.03. The third kappa shape index (κ3) is 3.06. The zero-order valence-corrected chi connectivity index (χ0v) is 14.3. The van der Waals surface area contributed by atoms with Crippen LogP contribution in [0.1, 0.15) is 10.5 Å². The number of hydrogen-bond donors (Lipinski definition) is 0. The third-order valence-electron chi connectivity index (χ3n) is 4.65. The topological polar surface area (TPSA) is 41.4 Å². The number of aromatic nitrogens is 2. The van der Waals surface area contributed by atoms with Crippen LogP contribution in [-0.4, -0.2) is 46.5 Å². The van der Waals surface area contributed by atoms with Crippen molar-refractivity contribution in [1.82, 2.24) is 14.5 Å². The van der Waals surface area contributed by atoms with Crippen LogP contribution in [0.15, 0.2) is 67.1 Å². The predicted octanol–water partition coefficient (Wildman–Crippen LogP) is 2.97. The van der Waals surface area contributed by atoms with E-state index >= 15 is 0 Å². The number of para-hydroxylation sites is 2. The zero-order chi connectivity index (χ0) is 17.9. The normalized spacial score (nSPS) is 14.5. The van der Waals surface area contributed by atoms with Gasteiger partial charge in [-0.3, -0.25) is 9.36 Å². The lowest BCUT2D eigenvalue weighted by Crippen LogP contribution is -2.49. The number of carbonyl (C=O) groups is 1. The Labute approximate surface area is 151 Å². The maximum atomic E-state index is 14.0. The van der Waals surface area contributed by atoms with Crippen molar-refractivity contribution in [2.45, 2.75) is 0 Å². The highest BCUT2D eigenvalue weighted by atomic mass is 19.1. The van der Waals surface area contributed by atoms with E-state index < -0.39 is 0 Å². The standard InChI is InChI=1S/C20H19FN4O/c21-17-8-4-5-9-18(17)23-10-12-24(13-11-23)20(26)19-14-22-15-25(19)16-6-2-1-3-7-16/h1-9,14-15H,10-13H2. The fourth-order valence-corrected chi connectivity index (χ4v) is 3.27. The molecule has 0 radical (unpaired) electrons. The van der Waals surface area contributed by atoms with Crippen molar-refractivity contribution in [3.63, 3.8) is 0 Å². The van der Waals surface area contributed by atoms with Gasteiger partial charge in [-0.2, -0.15) is 0 Å². The van der Waals surface area contributed by atoms with Crippen LogP contribution in [0.2, 0.25) is 0 Å². The molecule has 1 saturated heterocycles. The molecule has 132 valence electrons. The number of anilines is 1. The molecule has 0 spiro atoms. The highest BCUT2D eigenvalue weighted by Gasteiger charge is 2.25. The average Bonchev–Trinajstić information content (AvgIpc) is 3.18. The summed E-state index contributed by atoms with van der Waals surface area (Å²) in [5, 5.41) is 0. The van der Waals surface area contributed by atoms with E-state index in [1.54, 1.807) is 34.1 Å². The molecular weight excluding hydrogens is 331 g/mol. The molecule has 3 aromatic rings. The van der Waals surface area contributed by atoms with Crippen molar-refractivity contribution in [2.75, 3.05) is 31.1 Å². The molecule has 26 heavy (non-hydrogen) atoms. The van der Waals surface area contributed by atoms with Crippen molar-refractivity contribution < 1.29 is 9.18 Å². The minimum absolute atomic E-state index is 0.0560. The monoisotopic (exact) mass is 350 g/mol. The summed E-state index contributed by atoms with van der Waals surface area (Å²) in [6.07, 6.45) is 3.25. The lowest BCUT2D eigenvalue weighted by atomic mass is 10.2. The first-order valence-corrected chi connectivity index (χ1v) is 8.60. The van der Waals surface area contributed by atoms with E-state index in [9.17, 15) is 9.18 Å². The van der Waals surface area contributed by atoms with Gasteiger partial charge in [0.2, 0.25) is 0 Å². The van der Waals surface area contributed by atoms with Gasteiger partial charge in [0.25, 0.3) is 5.91 Å². The number of benzene rings is 2. The number of rotatable bonds is 3. The van der Waals surface area contributed by atoms with Gasteiger partial charge in [-0.05, 0) is 24.3 Å². The van der Waals surface area contributed by atoms with Gasteiger partial charge in [-0.1, -0.05) is 30.3 Å². The molecule has 0 N–H and O–H groups in total. The molecule has 0 saturated carbocycles. The van der Waals surface area contributed by atoms with Crippen LogP contribution >= 0.6 is 0 Å². The molecule has 0 bridgehead atoms.